The van der Waals surface area contributed by atoms with Crippen molar-refractivity contribution >= 4 is 11.8 Å². The number of likely N-dealkylation sites (tertiary alicyclic amines) is 2. The van der Waals surface area contributed by atoms with Crippen LogP contribution in [0.25, 0.3) is 0 Å². The first-order valence-electron chi connectivity index (χ1n) is 11.7. The molecule has 0 saturated carbocycles. The van der Waals surface area contributed by atoms with Crippen molar-refractivity contribution in [3.05, 3.63) is 69.1 Å². The lowest BCUT2D eigenvalue weighted by atomic mass is 10.0. The maximum absolute atomic E-state index is 13.4. The summed E-state index contributed by atoms with van der Waals surface area (Å²) in [5.74, 6) is -1.06. The number of fused-ring (bicyclic) bond motifs is 1. The number of hydrogen-bond donors (Lipinski definition) is 1. The Bertz CT molecular complexity index is 1150. The summed E-state index contributed by atoms with van der Waals surface area (Å²) in [5, 5.41) is 0. The molecule has 4 rings (SSSR count). The van der Waals surface area contributed by atoms with E-state index in [4.69, 9.17) is 5.73 Å². The smallest absolute Gasteiger partial charge is 0.366 e. The molecule has 2 N–H and O–H groups in total. The van der Waals surface area contributed by atoms with Crippen LogP contribution in [0.3, 0.4) is 0 Å². The maximum Gasteiger partial charge on any atom is 0.406 e. The van der Waals surface area contributed by atoms with Crippen LogP contribution in [0.1, 0.15) is 38.4 Å². The Morgan fingerprint density at radius 1 is 1.06 bits per heavy atom. The van der Waals surface area contributed by atoms with E-state index in [0.717, 1.165) is 38.5 Å². The molecule has 2 fully saturated rings. The Kier molecular flexibility index (Phi) is 7.02. The second-order valence-electron chi connectivity index (χ2n) is 9.50. The van der Waals surface area contributed by atoms with Gasteiger partial charge >= 0.3 is 6.18 Å². The molecule has 7 nitrogen and oxygen atoms in total. The van der Waals surface area contributed by atoms with Gasteiger partial charge in [-0.1, -0.05) is 30.3 Å². The van der Waals surface area contributed by atoms with Crippen molar-refractivity contribution in [1.82, 2.24) is 14.4 Å². The van der Waals surface area contributed by atoms with Gasteiger partial charge < -0.3 is 20.1 Å². The molecule has 2 aliphatic rings. The maximum atomic E-state index is 13.4. The standard InChI is InChI=1S/C25H29F3N4O3/c1-16-22(20(23(29)34)10-21(33)32(16)15-25(26,27)28)24(35)31-13-18-11-30(12-19(18)14-31)9-5-8-17-6-3-2-4-7-17/h2-4,6-7,10,18-19H,5,8-9,11-15H2,1H3,(H2,29,34)/t18-,19?/m0/s1. The van der Waals surface area contributed by atoms with Crippen LogP contribution in [-0.2, 0) is 13.0 Å². The van der Waals surface area contributed by atoms with E-state index >= 15 is 0 Å². The third kappa shape index (κ3) is 5.58. The molecule has 2 amide bonds. The number of halogens is 3. The highest BCUT2D eigenvalue weighted by Gasteiger charge is 2.42. The van der Waals surface area contributed by atoms with Crippen LogP contribution in [0.15, 0.2) is 41.2 Å². The largest absolute Gasteiger partial charge is 0.406 e. The zero-order valence-electron chi connectivity index (χ0n) is 19.6. The molecular formula is C25H29F3N4O3. The van der Waals surface area contributed by atoms with E-state index in [0.29, 0.717) is 17.7 Å². The first kappa shape index (κ1) is 25.0. The molecule has 1 aromatic carbocycles. The van der Waals surface area contributed by atoms with Crippen LogP contribution >= 0.6 is 0 Å². The van der Waals surface area contributed by atoms with Crippen LogP contribution in [0.2, 0.25) is 0 Å². The highest BCUT2D eigenvalue weighted by molar-refractivity contribution is 6.07. The molecule has 10 heteroatoms. The summed E-state index contributed by atoms with van der Waals surface area (Å²) in [6, 6.07) is 11.0. The minimum Gasteiger partial charge on any atom is -0.366 e. The highest BCUT2D eigenvalue weighted by atomic mass is 19.4. The molecule has 3 heterocycles. The van der Waals surface area contributed by atoms with Crippen molar-refractivity contribution in [1.29, 1.82) is 0 Å². The Balaban J connectivity index is 1.44. The van der Waals surface area contributed by atoms with E-state index in [2.05, 4.69) is 17.0 Å². The Morgan fingerprint density at radius 2 is 1.69 bits per heavy atom. The number of carbonyl (C=O) groups is 2. The van der Waals surface area contributed by atoms with Crippen molar-refractivity contribution in [3.8, 4) is 0 Å². The number of alkyl halides is 3. The molecule has 1 aromatic heterocycles. The lowest BCUT2D eigenvalue weighted by Gasteiger charge is -2.24. The second-order valence-corrected chi connectivity index (χ2v) is 9.50. The fourth-order valence-corrected chi connectivity index (χ4v) is 5.36. The average Bonchev–Trinajstić information content (AvgIpc) is 3.35. The molecule has 2 aliphatic heterocycles. The molecule has 0 aliphatic carbocycles. The van der Waals surface area contributed by atoms with Gasteiger partial charge in [0.15, 0.2) is 0 Å². The molecule has 2 atom stereocenters. The van der Waals surface area contributed by atoms with Gasteiger partial charge in [-0.2, -0.15) is 13.2 Å². The third-order valence-electron chi connectivity index (χ3n) is 7.02. The third-order valence-corrected chi connectivity index (χ3v) is 7.02. The predicted octanol–water partition coefficient (Wildman–Crippen LogP) is 2.45. The van der Waals surface area contributed by atoms with Crippen molar-refractivity contribution in [2.24, 2.45) is 17.6 Å². The number of benzene rings is 1. The minimum absolute atomic E-state index is 0.201. The average molecular weight is 491 g/mol. The number of aromatic nitrogens is 1. The van der Waals surface area contributed by atoms with E-state index < -0.39 is 30.1 Å². The number of rotatable bonds is 7. The molecule has 0 radical (unpaired) electrons. The number of primary amides is 1. The monoisotopic (exact) mass is 490 g/mol. The number of pyridine rings is 1. The SMILES string of the molecule is Cc1c(C(=O)N2CC3CN(CCCc4ccccc4)C[C@H]3C2)c(C(N)=O)cc(=O)n1CC(F)(F)F. The second kappa shape index (κ2) is 9.85. The minimum atomic E-state index is -4.65. The normalized spacial score (nSPS) is 20.3. The van der Waals surface area contributed by atoms with Gasteiger partial charge in [-0.3, -0.25) is 14.4 Å². The summed E-state index contributed by atoms with van der Waals surface area (Å²) < 4.78 is 39.5. The molecule has 35 heavy (non-hydrogen) atoms. The summed E-state index contributed by atoms with van der Waals surface area (Å²) in [5.41, 5.74) is 4.90. The number of carbonyl (C=O) groups excluding carboxylic acids is 2. The van der Waals surface area contributed by atoms with Crippen molar-refractivity contribution < 1.29 is 22.8 Å². The van der Waals surface area contributed by atoms with E-state index in [1.165, 1.54) is 12.5 Å². The van der Waals surface area contributed by atoms with E-state index in [9.17, 15) is 27.6 Å². The van der Waals surface area contributed by atoms with Gasteiger partial charge in [-0.25, -0.2) is 0 Å². The van der Waals surface area contributed by atoms with E-state index in [-0.39, 0.29) is 28.7 Å². The summed E-state index contributed by atoms with van der Waals surface area (Å²) >= 11 is 0. The van der Waals surface area contributed by atoms with Gasteiger partial charge in [0, 0.05) is 37.9 Å². The first-order valence-corrected chi connectivity index (χ1v) is 11.7. The van der Waals surface area contributed by atoms with Gasteiger partial charge in [0.1, 0.15) is 6.54 Å². The first-order chi connectivity index (χ1) is 16.5. The number of amides is 2. The topological polar surface area (TPSA) is 88.6 Å². The molecule has 0 spiro atoms. The Morgan fingerprint density at radius 3 is 2.26 bits per heavy atom. The van der Waals surface area contributed by atoms with Gasteiger partial charge in [0.05, 0.1) is 11.1 Å². The Labute approximate surface area is 201 Å². The van der Waals surface area contributed by atoms with Crippen LogP contribution in [0.4, 0.5) is 13.2 Å². The lowest BCUT2D eigenvalue weighted by Crippen LogP contribution is -2.38. The van der Waals surface area contributed by atoms with Crippen molar-refractivity contribution in [3.63, 3.8) is 0 Å². The van der Waals surface area contributed by atoms with Gasteiger partial charge in [0.25, 0.3) is 11.5 Å². The van der Waals surface area contributed by atoms with Crippen LogP contribution < -0.4 is 11.3 Å². The molecule has 1 unspecified atom stereocenters. The van der Waals surface area contributed by atoms with E-state index in [1.807, 2.05) is 18.2 Å². The number of aryl methyl sites for hydroxylation is 1. The van der Waals surface area contributed by atoms with Gasteiger partial charge in [0.2, 0.25) is 5.91 Å². The highest BCUT2D eigenvalue weighted by Crippen LogP contribution is 2.33. The lowest BCUT2D eigenvalue weighted by molar-refractivity contribution is -0.141. The molecule has 2 aromatic rings. The van der Waals surface area contributed by atoms with Crippen LogP contribution in [-0.4, -0.2) is 65.1 Å². The molecule has 0 bridgehead atoms. The number of nitrogens with two attached hydrogens (primary N) is 1. The van der Waals surface area contributed by atoms with Crippen LogP contribution in [0, 0.1) is 18.8 Å². The number of nitrogens with zero attached hydrogens (tertiary/aromatic N) is 3. The number of hydrogen-bond acceptors (Lipinski definition) is 4. The summed E-state index contributed by atoms with van der Waals surface area (Å²) in [7, 11) is 0. The Hall–Kier alpha value is -3.14. The van der Waals surface area contributed by atoms with Crippen molar-refractivity contribution in [2.45, 2.75) is 32.5 Å². The summed E-state index contributed by atoms with van der Waals surface area (Å²) in [4.78, 5) is 41.5. The zero-order chi connectivity index (χ0) is 25.3. The predicted molar refractivity (Wildman–Crippen MR) is 124 cm³/mol. The fourth-order valence-electron chi connectivity index (χ4n) is 5.36. The quantitative estimate of drug-likeness (QED) is 0.646. The summed E-state index contributed by atoms with van der Waals surface area (Å²) in [6.07, 6.45) is -2.62. The van der Waals surface area contributed by atoms with Gasteiger partial charge in [-0.05, 0) is 43.7 Å². The molecular weight excluding hydrogens is 461 g/mol. The van der Waals surface area contributed by atoms with E-state index in [1.54, 1.807) is 4.90 Å². The van der Waals surface area contributed by atoms with Crippen molar-refractivity contribution in [2.75, 3.05) is 32.7 Å². The van der Waals surface area contributed by atoms with Gasteiger partial charge in [-0.15, -0.1) is 0 Å². The zero-order valence-corrected chi connectivity index (χ0v) is 19.6. The fraction of sp³-hybridized carbons (Fsp3) is 0.480. The summed E-state index contributed by atoms with van der Waals surface area (Å²) in [6.45, 7) is 3.27. The molecule has 188 valence electrons. The van der Waals surface area contributed by atoms with Crippen LogP contribution in [0.5, 0.6) is 0 Å². The molecule has 2 saturated heterocycles.